The van der Waals surface area contributed by atoms with Gasteiger partial charge in [-0.2, -0.15) is 5.10 Å². The Kier molecular flexibility index (Phi) is 7.03. The molecule has 1 N–H and O–H groups in total. The molecule has 0 unspecified atom stereocenters. The Labute approximate surface area is 212 Å². The van der Waals surface area contributed by atoms with E-state index in [1.54, 1.807) is 23.8 Å². The van der Waals surface area contributed by atoms with Gasteiger partial charge in [0.2, 0.25) is 5.91 Å². The lowest BCUT2D eigenvalue weighted by molar-refractivity contribution is -0.113. The molecule has 0 fully saturated rings. The second-order valence-electron chi connectivity index (χ2n) is 8.10. The van der Waals surface area contributed by atoms with Gasteiger partial charge in [0, 0.05) is 18.0 Å². The fourth-order valence-electron chi connectivity index (χ4n) is 3.75. The summed E-state index contributed by atoms with van der Waals surface area (Å²) in [6.45, 7) is 2.86. The fraction of sp³-hybridized carbons (Fsp3) is 0.231. The molecule has 10 heteroatoms. The number of anilines is 1. The molecule has 0 aliphatic rings. The third-order valence-corrected chi connectivity index (χ3v) is 6.56. The first-order valence-electron chi connectivity index (χ1n) is 11.7. The van der Waals surface area contributed by atoms with Crippen LogP contribution in [0.4, 0.5) is 5.69 Å². The van der Waals surface area contributed by atoms with Crippen molar-refractivity contribution in [3.63, 3.8) is 0 Å². The maximum absolute atomic E-state index is 12.5. The highest BCUT2D eigenvalue weighted by molar-refractivity contribution is 7.99. The molecule has 184 valence electrons. The number of amides is 1. The van der Waals surface area contributed by atoms with Crippen molar-refractivity contribution >= 4 is 34.5 Å². The molecule has 1 amide bonds. The first-order chi connectivity index (χ1) is 17.7. The predicted molar refractivity (Wildman–Crippen MR) is 140 cm³/mol. The topological polar surface area (TPSA) is 95.0 Å². The number of aromatic nitrogens is 5. The number of thioether (sulfide) groups is 1. The number of ether oxygens (including phenoxy) is 2. The number of carbonyl (C=O) groups is 1. The minimum atomic E-state index is -0.156. The van der Waals surface area contributed by atoms with E-state index in [9.17, 15) is 4.79 Å². The second-order valence-corrected chi connectivity index (χ2v) is 9.04. The van der Waals surface area contributed by atoms with E-state index in [2.05, 4.69) is 22.4 Å². The average molecular weight is 503 g/mol. The van der Waals surface area contributed by atoms with Crippen molar-refractivity contribution in [1.82, 2.24) is 24.2 Å². The van der Waals surface area contributed by atoms with Gasteiger partial charge in [0.05, 0.1) is 30.9 Å². The zero-order chi connectivity index (χ0) is 24.9. The Morgan fingerprint density at radius 3 is 2.72 bits per heavy atom. The molecule has 2 aromatic carbocycles. The van der Waals surface area contributed by atoms with Crippen molar-refractivity contribution in [2.24, 2.45) is 0 Å². The van der Waals surface area contributed by atoms with E-state index in [0.29, 0.717) is 22.2 Å². The third-order valence-electron chi connectivity index (χ3n) is 5.62. The molecule has 0 aliphatic carbocycles. The highest BCUT2D eigenvalue weighted by Crippen LogP contribution is 2.27. The molecule has 0 radical (unpaired) electrons. The van der Waals surface area contributed by atoms with Gasteiger partial charge >= 0.3 is 0 Å². The van der Waals surface area contributed by atoms with Crippen molar-refractivity contribution < 1.29 is 14.3 Å². The zero-order valence-corrected chi connectivity index (χ0v) is 20.9. The minimum absolute atomic E-state index is 0.156. The zero-order valence-electron chi connectivity index (χ0n) is 20.0. The van der Waals surface area contributed by atoms with Crippen LogP contribution in [0, 0.1) is 0 Å². The summed E-state index contributed by atoms with van der Waals surface area (Å²) < 4.78 is 14.7. The summed E-state index contributed by atoms with van der Waals surface area (Å²) >= 11 is 1.31. The number of nitrogens with one attached hydrogen (secondary N) is 1. The summed E-state index contributed by atoms with van der Waals surface area (Å²) in [5, 5.41) is 16.9. The standard InChI is InChI=1S/C26H26N6O3S/c1-3-4-15-35-19-11-9-18(10-12-19)21-16-22-25-28-29-26(31(25)13-14-32(22)30-21)36-17-24(33)27-20-7-5-6-8-23(20)34-2/h5-14,16H,3-4,15,17H2,1-2H3,(H,27,33). The van der Waals surface area contributed by atoms with E-state index in [0.717, 1.165) is 42.0 Å². The van der Waals surface area contributed by atoms with Crippen molar-refractivity contribution in [2.75, 3.05) is 24.8 Å². The number of nitrogens with zero attached hydrogens (tertiary/aromatic N) is 5. The van der Waals surface area contributed by atoms with Crippen LogP contribution in [0.25, 0.3) is 22.4 Å². The third kappa shape index (κ3) is 4.99. The number of hydrogen-bond acceptors (Lipinski definition) is 7. The fourth-order valence-corrected chi connectivity index (χ4v) is 4.47. The normalized spacial score (nSPS) is 11.2. The average Bonchev–Trinajstić information content (AvgIpc) is 3.52. The highest BCUT2D eigenvalue weighted by atomic mass is 32.2. The van der Waals surface area contributed by atoms with Crippen LogP contribution in [0.15, 0.2) is 72.1 Å². The van der Waals surface area contributed by atoms with Crippen LogP contribution in [-0.2, 0) is 4.79 Å². The van der Waals surface area contributed by atoms with Gasteiger partial charge in [-0.15, -0.1) is 10.2 Å². The Morgan fingerprint density at radius 1 is 1.08 bits per heavy atom. The molecule has 0 spiro atoms. The first kappa shape index (κ1) is 23.7. The van der Waals surface area contributed by atoms with Gasteiger partial charge in [0.15, 0.2) is 10.8 Å². The van der Waals surface area contributed by atoms with E-state index in [1.165, 1.54) is 11.8 Å². The quantitative estimate of drug-likeness (QED) is 0.213. The van der Waals surface area contributed by atoms with E-state index in [-0.39, 0.29) is 11.7 Å². The van der Waals surface area contributed by atoms with Crippen LogP contribution >= 0.6 is 11.8 Å². The largest absolute Gasteiger partial charge is 0.495 e. The van der Waals surface area contributed by atoms with E-state index in [4.69, 9.17) is 14.6 Å². The monoisotopic (exact) mass is 502 g/mol. The number of benzene rings is 2. The number of fused-ring (bicyclic) bond motifs is 3. The van der Waals surface area contributed by atoms with Crippen LogP contribution < -0.4 is 14.8 Å². The molecule has 0 atom stereocenters. The van der Waals surface area contributed by atoms with E-state index < -0.39 is 0 Å². The Morgan fingerprint density at radius 2 is 1.92 bits per heavy atom. The number of rotatable bonds is 10. The summed E-state index contributed by atoms with van der Waals surface area (Å²) in [6.07, 6.45) is 5.85. The van der Waals surface area contributed by atoms with Crippen LogP contribution in [0.5, 0.6) is 11.5 Å². The Hall–Kier alpha value is -4.05. The number of unbranched alkanes of at least 4 members (excludes halogenated alkanes) is 1. The van der Waals surface area contributed by atoms with Gasteiger partial charge < -0.3 is 14.8 Å². The lowest BCUT2D eigenvalue weighted by Crippen LogP contribution is -2.14. The SMILES string of the molecule is CCCCOc1ccc(-c2cc3c4nnc(SCC(=O)Nc5ccccc5OC)n4ccn3n2)cc1. The number of methoxy groups -OCH3 is 1. The first-order valence-corrected chi connectivity index (χ1v) is 12.7. The van der Waals surface area contributed by atoms with E-state index >= 15 is 0 Å². The molecule has 36 heavy (non-hydrogen) atoms. The highest BCUT2D eigenvalue weighted by Gasteiger charge is 2.15. The van der Waals surface area contributed by atoms with Gasteiger partial charge in [-0.25, -0.2) is 4.52 Å². The number of para-hydroxylation sites is 2. The lowest BCUT2D eigenvalue weighted by Gasteiger charge is -2.09. The predicted octanol–water partition coefficient (Wildman–Crippen LogP) is 4.96. The molecule has 0 bridgehead atoms. The van der Waals surface area contributed by atoms with Gasteiger partial charge in [0.1, 0.15) is 17.0 Å². The van der Waals surface area contributed by atoms with Crippen LogP contribution in [0.2, 0.25) is 0 Å². The molecule has 3 heterocycles. The molecule has 3 aromatic heterocycles. The van der Waals surface area contributed by atoms with Gasteiger partial charge in [0.25, 0.3) is 0 Å². The van der Waals surface area contributed by atoms with E-state index in [1.807, 2.05) is 59.3 Å². The molecule has 9 nitrogen and oxygen atoms in total. The van der Waals surface area contributed by atoms with Crippen molar-refractivity contribution in [3.8, 4) is 22.8 Å². The number of hydrogen-bond donors (Lipinski definition) is 1. The Bertz CT molecular complexity index is 1500. The Balaban J connectivity index is 1.31. The summed E-state index contributed by atoms with van der Waals surface area (Å²) in [6, 6.07) is 17.2. The molecule has 0 saturated heterocycles. The summed E-state index contributed by atoms with van der Waals surface area (Å²) in [7, 11) is 1.57. The van der Waals surface area contributed by atoms with Gasteiger partial charge in [-0.05, 0) is 48.9 Å². The molecular weight excluding hydrogens is 476 g/mol. The van der Waals surface area contributed by atoms with Crippen molar-refractivity contribution in [1.29, 1.82) is 0 Å². The van der Waals surface area contributed by atoms with Crippen LogP contribution in [0.1, 0.15) is 19.8 Å². The van der Waals surface area contributed by atoms with Gasteiger partial charge in [-0.3, -0.25) is 9.20 Å². The summed E-state index contributed by atoms with van der Waals surface area (Å²) in [5.41, 5.74) is 3.95. The maximum Gasteiger partial charge on any atom is 0.234 e. The molecule has 0 aliphatic heterocycles. The van der Waals surface area contributed by atoms with Crippen molar-refractivity contribution in [2.45, 2.75) is 24.9 Å². The summed E-state index contributed by atoms with van der Waals surface area (Å²) in [4.78, 5) is 12.5. The summed E-state index contributed by atoms with van der Waals surface area (Å²) in [5.74, 6) is 1.49. The maximum atomic E-state index is 12.5. The lowest BCUT2D eigenvalue weighted by atomic mass is 10.1. The molecule has 5 aromatic rings. The number of carbonyl (C=O) groups excluding carboxylic acids is 1. The second kappa shape index (κ2) is 10.7. The molecule has 5 rings (SSSR count). The van der Waals surface area contributed by atoms with Crippen LogP contribution in [0.3, 0.4) is 0 Å². The smallest absolute Gasteiger partial charge is 0.234 e. The van der Waals surface area contributed by atoms with Crippen molar-refractivity contribution in [3.05, 3.63) is 67.0 Å². The molecular formula is C26H26N6O3S. The van der Waals surface area contributed by atoms with Crippen LogP contribution in [-0.4, -0.2) is 49.6 Å². The molecule has 0 saturated carbocycles. The minimum Gasteiger partial charge on any atom is -0.495 e. The van der Waals surface area contributed by atoms with Gasteiger partial charge in [-0.1, -0.05) is 37.2 Å².